The molecule has 0 heterocycles. The van der Waals surface area contributed by atoms with Gasteiger partial charge in [-0.15, -0.1) is 12.6 Å². The minimum atomic E-state index is 0.221. The van der Waals surface area contributed by atoms with Gasteiger partial charge in [-0.05, 0) is 18.6 Å². The van der Waals surface area contributed by atoms with Crippen molar-refractivity contribution in [3.8, 4) is 0 Å². The number of benzene rings is 1. The Morgan fingerprint density at radius 1 is 0.850 bits per heavy atom. The largest absolute Gasteiger partial charge is 0.298 e. The second-order valence-electron chi connectivity index (χ2n) is 3.85. The fraction of sp³-hybridized carbons (Fsp3) is 0.0625. The molecule has 3 nitrogen and oxygen atoms in total. The first kappa shape index (κ1) is 15.9. The van der Waals surface area contributed by atoms with E-state index in [9.17, 15) is 14.4 Å². The minimum absolute atomic E-state index is 0.221. The number of carbonyl (C=O) groups excluding carboxylic acids is 3. The molecule has 0 aliphatic carbocycles. The van der Waals surface area contributed by atoms with Crippen molar-refractivity contribution in [2.45, 2.75) is 11.8 Å². The van der Waals surface area contributed by atoms with Gasteiger partial charge >= 0.3 is 0 Å². The number of hydrogen-bond donors (Lipinski definition) is 1. The normalized spacial score (nSPS) is 11.5. The first-order valence-electron chi connectivity index (χ1n) is 5.91. The monoisotopic (exact) mass is 286 g/mol. The number of aldehydes is 3. The third kappa shape index (κ3) is 3.65. The standard InChI is InChI=1S/C16H14O3S/c1-2-3-4-5-6-7-14-12(9-17)8-13(10-18)16(20)15(14)11-19/h2-11,20H,1H3. The minimum Gasteiger partial charge on any atom is -0.298 e. The second-order valence-corrected chi connectivity index (χ2v) is 4.30. The van der Waals surface area contributed by atoms with Gasteiger partial charge in [0.2, 0.25) is 0 Å². The zero-order valence-corrected chi connectivity index (χ0v) is 11.8. The van der Waals surface area contributed by atoms with Crippen LogP contribution in [0.2, 0.25) is 0 Å². The van der Waals surface area contributed by atoms with E-state index in [0.29, 0.717) is 24.4 Å². The lowest BCUT2D eigenvalue weighted by molar-refractivity contribution is 0.111. The SMILES string of the molecule is CC=CC=CC=Cc1c(C=O)cc(C=O)c(S)c1C=O. The zero-order chi connectivity index (χ0) is 15.0. The lowest BCUT2D eigenvalue weighted by Gasteiger charge is -2.08. The second kappa shape index (κ2) is 8.07. The predicted octanol–water partition coefficient (Wildman–Crippen LogP) is 3.56. The number of hydrogen-bond acceptors (Lipinski definition) is 4. The van der Waals surface area contributed by atoms with Gasteiger partial charge in [-0.1, -0.05) is 36.5 Å². The van der Waals surface area contributed by atoms with E-state index in [1.54, 1.807) is 18.2 Å². The molecule has 4 heteroatoms. The molecule has 0 aromatic heterocycles. The summed E-state index contributed by atoms with van der Waals surface area (Å²) in [5.74, 6) is 0. The highest BCUT2D eigenvalue weighted by Gasteiger charge is 2.13. The van der Waals surface area contributed by atoms with Crippen molar-refractivity contribution < 1.29 is 14.4 Å². The van der Waals surface area contributed by atoms with Gasteiger partial charge in [0.25, 0.3) is 0 Å². The molecule has 0 N–H and O–H groups in total. The Morgan fingerprint density at radius 3 is 2.05 bits per heavy atom. The van der Waals surface area contributed by atoms with Crippen molar-refractivity contribution in [1.82, 2.24) is 0 Å². The third-order valence-corrected chi connectivity index (χ3v) is 3.10. The van der Waals surface area contributed by atoms with Crippen LogP contribution in [-0.2, 0) is 0 Å². The van der Waals surface area contributed by atoms with Gasteiger partial charge in [0.15, 0.2) is 18.9 Å². The van der Waals surface area contributed by atoms with Crippen LogP contribution < -0.4 is 0 Å². The summed E-state index contributed by atoms with van der Waals surface area (Å²) in [7, 11) is 0. The fourth-order valence-corrected chi connectivity index (χ4v) is 1.93. The van der Waals surface area contributed by atoms with Gasteiger partial charge in [-0.25, -0.2) is 0 Å². The highest BCUT2D eigenvalue weighted by Crippen LogP contribution is 2.25. The van der Waals surface area contributed by atoms with E-state index in [1.165, 1.54) is 6.07 Å². The van der Waals surface area contributed by atoms with Crippen LogP contribution in [0.15, 0.2) is 41.3 Å². The summed E-state index contributed by atoms with van der Waals surface area (Å²) in [6.45, 7) is 1.90. The Kier molecular flexibility index (Phi) is 6.40. The zero-order valence-electron chi connectivity index (χ0n) is 10.9. The van der Waals surface area contributed by atoms with Crippen molar-refractivity contribution in [2.24, 2.45) is 0 Å². The summed E-state index contributed by atoms with van der Waals surface area (Å²) in [6.07, 6.45) is 12.5. The van der Waals surface area contributed by atoms with Gasteiger partial charge < -0.3 is 0 Å². The molecule has 0 spiro atoms. The molecule has 0 unspecified atom stereocenters. The number of thiol groups is 1. The van der Waals surface area contributed by atoms with Gasteiger partial charge in [0.1, 0.15) is 0 Å². The molecule has 0 atom stereocenters. The number of allylic oxidation sites excluding steroid dienone is 5. The Labute approximate surface area is 123 Å². The molecule has 0 saturated heterocycles. The molecule has 0 amide bonds. The maximum Gasteiger partial charge on any atom is 0.151 e. The fourth-order valence-electron chi connectivity index (χ4n) is 1.64. The smallest absolute Gasteiger partial charge is 0.151 e. The molecule has 1 aromatic carbocycles. The molecular formula is C16H14O3S. The Morgan fingerprint density at radius 2 is 1.50 bits per heavy atom. The number of carbonyl (C=O) groups is 3. The van der Waals surface area contributed by atoms with Crippen LogP contribution in [0.5, 0.6) is 0 Å². The van der Waals surface area contributed by atoms with E-state index >= 15 is 0 Å². The molecule has 0 saturated carbocycles. The van der Waals surface area contributed by atoms with E-state index in [4.69, 9.17) is 0 Å². The van der Waals surface area contributed by atoms with Crippen LogP contribution >= 0.6 is 12.6 Å². The molecule has 20 heavy (non-hydrogen) atoms. The van der Waals surface area contributed by atoms with E-state index < -0.39 is 0 Å². The predicted molar refractivity (Wildman–Crippen MR) is 82.8 cm³/mol. The summed E-state index contributed by atoms with van der Waals surface area (Å²) < 4.78 is 0. The third-order valence-electron chi connectivity index (χ3n) is 2.60. The summed E-state index contributed by atoms with van der Waals surface area (Å²) in [5, 5.41) is 0. The molecule has 0 aliphatic rings. The van der Waals surface area contributed by atoms with Crippen molar-refractivity contribution in [3.05, 3.63) is 58.7 Å². The van der Waals surface area contributed by atoms with Crippen molar-refractivity contribution in [1.29, 1.82) is 0 Å². The molecule has 0 radical (unpaired) electrons. The van der Waals surface area contributed by atoms with Crippen molar-refractivity contribution in [3.63, 3.8) is 0 Å². The Bertz CT molecular complexity index is 611. The molecule has 0 bridgehead atoms. The summed E-state index contributed by atoms with van der Waals surface area (Å²) in [4.78, 5) is 33.4. The van der Waals surface area contributed by atoms with Crippen LogP contribution in [-0.4, -0.2) is 18.9 Å². The Balaban J connectivity index is 3.36. The van der Waals surface area contributed by atoms with E-state index in [1.807, 2.05) is 25.2 Å². The van der Waals surface area contributed by atoms with Crippen LogP contribution in [0.1, 0.15) is 43.6 Å². The molecule has 1 aromatic rings. The van der Waals surface area contributed by atoms with Crippen molar-refractivity contribution in [2.75, 3.05) is 0 Å². The lowest BCUT2D eigenvalue weighted by Crippen LogP contribution is -2.00. The molecule has 0 aliphatic heterocycles. The average Bonchev–Trinajstić information content (AvgIpc) is 2.47. The highest BCUT2D eigenvalue weighted by atomic mass is 32.1. The van der Waals surface area contributed by atoms with Crippen LogP contribution in [0.25, 0.3) is 6.08 Å². The summed E-state index contributed by atoms with van der Waals surface area (Å²) >= 11 is 4.16. The molecular weight excluding hydrogens is 272 g/mol. The summed E-state index contributed by atoms with van der Waals surface area (Å²) in [5.41, 5.74) is 1.19. The molecule has 0 fully saturated rings. The first-order valence-corrected chi connectivity index (χ1v) is 6.35. The quantitative estimate of drug-likeness (QED) is 0.494. The first-order chi connectivity index (χ1) is 9.69. The number of rotatable bonds is 6. The summed E-state index contributed by atoms with van der Waals surface area (Å²) in [6, 6.07) is 1.42. The maximum absolute atomic E-state index is 11.2. The molecule has 102 valence electrons. The van der Waals surface area contributed by atoms with Crippen LogP contribution in [0.4, 0.5) is 0 Å². The van der Waals surface area contributed by atoms with Crippen LogP contribution in [0.3, 0.4) is 0 Å². The van der Waals surface area contributed by atoms with Crippen LogP contribution in [0, 0.1) is 0 Å². The van der Waals surface area contributed by atoms with E-state index in [0.717, 1.165) is 0 Å². The Hall–Kier alpha value is -2.20. The van der Waals surface area contributed by atoms with Crippen molar-refractivity contribution >= 4 is 37.6 Å². The van der Waals surface area contributed by atoms with Gasteiger partial charge in [-0.2, -0.15) is 0 Å². The van der Waals surface area contributed by atoms with Gasteiger partial charge in [0, 0.05) is 21.6 Å². The van der Waals surface area contributed by atoms with E-state index in [2.05, 4.69) is 12.6 Å². The average molecular weight is 286 g/mol. The van der Waals surface area contributed by atoms with Gasteiger partial charge in [-0.3, -0.25) is 14.4 Å². The van der Waals surface area contributed by atoms with E-state index in [-0.39, 0.29) is 21.6 Å². The highest BCUT2D eigenvalue weighted by molar-refractivity contribution is 7.80. The lowest BCUT2D eigenvalue weighted by atomic mass is 9.98. The van der Waals surface area contributed by atoms with Gasteiger partial charge in [0.05, 0.1) is 0 Å². The maximum atomic E-state index is 11.2. The molecule has 1 rings (SSSR count). The topological polar surface area (TPSA) is 51.2 Å².